The summed E-state index contributed by atoms with van der Waals surface area (Å²) < 4.78 is 5.05. The maximum atomic E-state index is 12.2. The lowest BCUT2D eigenvalue weighted by Gasteiger charge is -2.29. The molecule has 0 bridgehead atoms. The molecule has 0 spiro atoms. The number of rotatable bonds is 6. The summed E-state index contributed by atoms with van der Waals surface area (Å²) in [5.74, 6) is -1.65. The second-order valence-corrected chi connectivity index (χ2v) is 6.72. The highest BCUT2D eigenvalue weighted by Crippen LogP contribution is 2.14. The summed E-state index contributed by atoms with van der Waals surface area (Å²) in [5.41, 5.74) is -0.670. The summed E-state index contributed by atoms with van der Waals surface area (Å²) in [5, 5.41) is 11.7. The molecule has 2 N–H and O–H groups in total. The number of carbonyl (C=O) groups excluding carboxylic acids is 2. The van der Waals surface area contributed by atoms with E-state index >= 15 is 0 Å². The Labute approximate surface area is 132 Å². The summed E-state index contributed by atoms with van der Waals surface area (Å²) in [6.07, 6.45) is -0.712. The minimum absolute atomic E-state index is 0.100. The van der Waals surface area contributed by atoms with Gasteiger partial charge in [0.05, 0.1) is 6.54 Å². The molecule has 0 fully saturated rings. The second kappa shape index (κ2) is 8.00. The largest absolute Gasteiger partial charge is 0.480 e. The van der Waals surface area contributed by atoms with Crippen molar-refractivity contribution in [2.24, 2.45) is 11.8 Å². The Balaban J connectivity index is 4.77. The number of likely N-dealkylation sites (N-methyl/N-ethyl adjacent to an activating group) is 1. The molecule has 0 aromatic carbocycles. The van der Waals surface area contributed by atoms with Crippen molar-refractivity contribution < 1.29 is 24.2 Å². The Hall–Kier alpha value is -1.79. The second-order valence-electron chi connectivity index (χ2n) is 6.72. The van der Waals surface area contributed by atoms with Crippen LogP contribution in [0.2, 0.25) is 0 Å². The predicted molar refractivity (Wildman–Crippen MR) is 82.4 cm³/mol. The molecule has 22 heavy (non-hydrogen) atoms. The van der Waals surface area contributed by atoms with Gasteiger partial charge in [-0.25, -0.2) is 9.59 Å². The highest BCUT2D eigenvalue weighted by Gasteiger charge is 2.31. The zero-order chi connectivity index (χ0) is 17.7. The number of nitrogens with zero attached hydrogens (tertiary/aromatic N) is 1. The number of carboxylic acids is 1. The van der Waals surface area contributed by atoms with Crippen LogP contribution >= 0.6 is 0 Å². The van der Waals surface area contributed by atoms with Crippen LogP contribution in [-0.4, -0.2) is 53.2 Å². The molecule has 0 aromatic heterocycles. The van der Waals surface area contributed by atoms with Crippen LogP contribution in [0.3, 0.4) is 0 Å². The van der Waals surface area contributed by atoms with Crippen LogP contribution in [0, 0.1) is 11.8 Å². The number of ether oxygens (including phenoxy) is 1. The minimum Gasteiger partial charge on any atom is -0.480 e. The van der Waals surface area contributed by atoms with Gasteiger partial charge in [0.1, 0.15) is 11.6 Å². The third-order valence-corrected chi connectivity index (χ3v) is 3.33. The van der Waals surface area contributed by atoms with Crippen molar-refractivity contribution >= 4 is 18.0 Å². The van der Waals surface area contributed by atoms with E-state index in [1.54, 1.807) is 27.7 Å². The molecule has 0 radical (unpaired) electrons. The minimum atomic E-state index is -1.18. The summed E-state index contributed by atoms with van der Waals surface area (Å²) in [6.45, 7) is 10.5. The van der Waals surface area contributed by atoms with Gasteiger partial charge in [0.2, 0.25) is 5.91 Å². The normalized spacial score (nSPS) is 14.2. The monoisotopic (exact) mass is 316 g/mol. The van der Waals surface area contributed by atoms with E-state index in [1.807, 2.05) is 13.8 Å². The van der Waals surface area contributed by atoms with Crippen LogP contribution < -0.4 is 5.32 Å². The van der Waals surface area contributed by atoms with Crippen LogP contribution in [0.15, 0.2) is 0 Å². The van der Waals surface area contributed by atoms with E-state index < -0.39 is 23.7 Å². The van der Waals surface area contributed by atoms with Crippen LogP contribution in [-0.2, 0) is 14.3 Å². The predicted octanol–water partition coefficient (Wildman–Crippen LogP) is 1.71. The number of nitrogens with one attached hydrogen (secondary N) is 1. The zero-order valence-electron chi connectivity index (χ0n) is 14.5. The van der Waals surface area contributed by atoms with Gasteiger partial charge in [0.15, 0.2) is 0 Å². The van der Waals surface area contributed by atoms with Crippen molar-refractivity contribution in [1.29, 1.82) is 0 Å². The standard InChI is InChI=1S/C15H28N2O5/c1-9(2)10(3)12(18)17(7)11(13(19)20)8-16-14(21)22-15(4,5)6/h9-11H,8H2,1-7H3,(H,16,21)(H,19,20)/t10-,11-/m0/s1. The molecular weight excluding hydrogens is 288 g/mol. The Morgan fingerprint density at radius 2 is 1.68 bits per heavy atom. The first-order chi connectivity index (χ1) is 9.86. The number of amides is 2. The molecule has 0 saturated heterocycles. The number of aliphatic carboxylic acids is 1. The summed E-state index contributed by atoms with van der Waals surface area (Å²) >= 11 is 0. The third-order valence-electron chi connectivity index (χ3n) is 3.33. The molecule has 0 saturated carbocycles. The van der Waals surface area contributed by atoms with Gasteiger partial charge in [-0.05, 0) is 26.7 Å². The number of hydrogen-bond acceptors (Lipinski definition) is 4. The van der Waals surface area contributed by atoms with Gasteiger partial charge in [-0.3, -0.25) is 4.79 Å². The van der Waals surface area contributed by atoms with Crippen LogP contribution in [0.4, 0.5) is 4.79 Å². The van der Waals surface area contributed by atoms with Gasteiger partial charge in [-0.15, -0.1) is 0 Å². The van der Waals surface area contributed by atoms with Gasteiger partial charge in [-0.1, -0.05) is 20.8 Å². The Morgan fingerprint density at radius 3 is 2.05 bits per heavy atom. The topological polar surface area (TPSA) is 95.9 Å². The molecule has 2 atom stereocenters. The molecule has 0 aliphatic carbocycles. The van der Waals surface area contributed by atoms with E-state index in [0.717, 1.165) is 4.90 Å². The van der Waals surface area contributed by atoms with Crippen molar-refractivity contribution in [3.63, 3.8) is 0 Å². The lowest BCUT2D eigenvalue weighted by Crippen LogP contribution is -2.51. The first-order valence-electron chi connectivity index (χ1n) is 7.33. The van der Waals surface area contributed by atoms with E-state index in [4.69, 9.17) is 4.74 Å². The van der Waals surface area contributed by atoms with Crippen molar-refractivity contribution in [3.05, 3.63) is 0 Å². The smallest absolute Gasteiger partial charge is 0.407 e. The highest BCUT2D eigenvalue weighted by atomic mass is 16.6. The lowest BCUT2D eigenvalue weighted by molar-refractivity contribution is -0.150. The molecule has 7 nitrogen and oxygen atoms in total. The van der Waals surface area contributed by atoms with E-state index in [9.17, 15) is 19.5 Å². The summed E-state index contributed by atoms with van der Waals surface area (Å²) in [4.78, 5) is 36.3. The highest BCUT2D eigenvalue weighted by molar-refractivity contribution is 5.85. The molecule has 7 heteroatoms. The third kappa shape index (κ3) is 6.78. The van der Waals surface area contributed by atoms with Crippen molar-refractivity contribution in [2.45, 2.75) is 53.2 Å². The van der Waals surface area contributed by atoms with Gasteiger partial charge >= 0.3 is 12.1 Å². The average Bonchev–Trinajstić information content (AvgIpc) is 2.34. The number of carboxylic acid groups (broad SMARTS) is 1. The molecule has 0 unspecified atom stereocenters. The fourth-order valence-electron chi connectivity index (χ4n) is 1.64. The number of hydrogen-bond donors (Lipinski definition) is 2. The Morgan fingerprint density at radius 1 is 1.18 bits per heavy atom. The number of carbonyl (C=O) groups is 3. The fraction of sp³-hybridized carbons (Fsp3) is 0.800. The molecule has 0 aliphatic heterocycles. The van der Waals surface area contributed by atoms with Crippen molar-refractivity contribution in [2.75, 3.05) is 13.6 Å². The summed E-state index contributed by atoms with van der Waals surface area (Å²) in [7, 11) is 1.43. The van der Waals surface area contributed by atoms with Crippen LogP contribution in [0.5, 0.6) is 0 Å². The molecule has 0 rings (SSSR count). The maximum absolute atomic E-state index is 12.2. The molecule has 128 valence electrons. The Kier molecular flexibility index (Phi) is 7.35. The molecular formula is C15H28N2O5. The maximum Gasteiger partial charge on any atom is 0.407 e. The quantitative estimate of drug-likeness (QED) is 0.778. The lowest BCUT2D eigenvalue weighted by atomic mass is 9.96. The van der Waals surface area contributed by atoms with E-state index in [0.29, 0.717) is 0 Å². The van der Waals surface area contributed by atoms with Gasteiger partial charge < -0.3 is 20.1 Å². The van der Waals surface area contributed by atoms with Gasteiger partial charge in [-0.2, -0.15) is 0 Å². The van der Waals surface area contributed by atoms with Gasteiger partial charge in [0.25, 0.3) is 0 Å². The fourth-order valence-corrected chi connectivity index (χ4v) is 1.64. The molecule has 0 aromatic rings. The van der Waals surface area contributed by atoms with E-state index in [-0.39, 0.29) is 24.3 Å². The first kappa shape index (κ1) is 20.2. The zero-order valence-corrected chi connectivity index (χ0v) is 14.5. The average molecular weight is 316 g/mol. The van der Waals surface area contributed by atoms with E-state index in [1.165, 1.54) is 7.05 Å². The van der Waals surface area contributed by atoms with Gasteiger partial charge in [0, 0.05) is 13.0 Å². The van der Waals surface area contributed by atoms with Crippen molar-refractivity contribution in [3.8, 4) is 0 Å². The summed E-state index contributed by atoms with van der Waals surface area (Å²) in [6, 6.07) is -1.14. The van der Waals surface area contributed by atoms with Crippen LogP contribution in [0.1, 0.15) is 41.5 Å². The van der Waals surface area contributed by atoms with Crippen LogP contribution in [0.25, 0.3) is 0 Å². The molecule has 0 heterocycles. The molecule has 0 aliphatic rings. The number of alkyl carbamates (subject to hydrolysis) is 1. The first-order valence-corrected chi connectivity index (χ1v) is 7.33. The van der Waals surface area contributed by atoms with Crippen molar-refractivity contribution in [1.82, 2.24) is 10.2 Å². The Bertz CT molecular complexity index is 415. The molecule has 2 amide bonds. The SMILES string of the molecule is CC(C)[C@H](C)C(=O)N(C)[C@@H](CNC(=O)OC(C)(C)C)C(=O)O. The van der Waals surface area contributed by atoms with E-state index in [2.05, 4.69) is 5.32 Å².